The number of nitrogens with zero attached hydrogens (tertiary/aromatic N) is 3. The van der Waals surface area contributed by atoms with E-state index in [4.69, 9.17) is 9.47 Å². The number of hydrogen-bond donors (Lipinski definition) is 0. The van der Waals surface area contributed by atoms with Crippen LogP contribution in [0.25, 0.3) is 0 Å². The van der Waals surface area contributed by atoms with Gasteiger partial charge in [0.1, 0.15) is 17.0 Å². The highest BCUT2D eigenvalue weighted by Crippen LogP contribution is 2.45. The van der Waals surface area contributed by atoms with Gasteiger partial charge < -0.3 is 18.9 Å². The Hall–Kier alpha value is -2.34. The molecule has 6 heteroatoms. The average molecular weight is 341 g/mol. The van der Waals surface area contributed by atoms with E-state index in [1.807, 2.05) is 24.1 Å². The van der Waals surface area contributed by atoms with Gasteiger partial charge in [-0.15, -0.1) is 0 Å². The summed E-state index contributed by atoms with van der Waals surface area (Å²) in [5, 5.41) is 0. The summed E-state index contributed by atoms with van der Waals surface area (Å²) in [5.74, 6) is 0.883. The lowest BCUT2D eigenvalue weighted by molar-refractivity contribution is -0.0947. The predicted octanol–water partition coefficient (Wildman–Crippen LogP) is 2.13. The van der Waals surface area contributed by atoms with E-state index in [2.05, 4.69) is 11.1 Å². The summed E-state index contributed by atoms with van der Waals surface area (Å²) >= 11 is 0. The predicted molar refractivity (Wildman–Crippen MR) is 92.7 cm³/mol. The number of hydrogen-bond acceptors (Lipinski definition) is 4. The Balaban J connectivity index is 1.57. The molecule has 4 rings (SSSR count). The number of methoxy groups -OCH3 is 1. The van der Waals surface area contributed by atoms with Gasteiger partial charge in [0.05, 0.1) is 20.0 Å². The molecule has 0 bridgehead atoms. The molecular formula is C19H23N3O3. The Bertz CT molecular complexity index is 777. The first-order valence-electron chi connectivity index (χ1n) is 8.70. The fourth-order valence-corrected chi connectivity index (χ4v) is 4.05. The smallest absolute Gasteiger partial charge is 0.274 e. The van der Waals surface area contributed by atoms with Gasteiger partial charge in [0.15, 0.2) is 0 Å². The van der Waals surface area contributed by atoms with Crippen molar-refractivity contribution >= 4 is 5.91 Å². The van der Waals surface area contributed by atoms with Crippen molar-refractivity contribution in [3.05, 3.63) is 47.5 Å². The number of carbonyl (C=O) groups is 1. The van der Waals surface area contributed by atoms with Crippen molar-refractivity contribution < 1.29 is 14.3 Å². The molecule has 1 spiro atoms. The number of benzene rings is 1. The lowest BCUT2D eigenvalue weighted by Crippen LogP contribution is -2.48. The number of aryl methyl sites for hydroxylation is 1. The van der Waals surface area contributed by atoms with Crippen molar-refractivity contribution in [2.75, 3.05) is 26.8 Å². The first kappa shape index (κ1) is 16.1. The van der Waals surface area contributed by atoms with Gasteiger partial charge in [0.2, 0.25) is 0 Å². The van der Waals surface area contributed by atoms with Crippen LogP contribution in [0.15, 0.2) is 30.7 Å². The Morgan fingerprint density at radius 2 is 2.12 bits per heavy atom. The first-order valence-corrected chi connectivity index (χ1v) is 8.70. The van der Waals surface area contributed by atoms with E-state index in [1.54, 1.807) is 24.2 Å². The van der Waals surface area contributed by atoms with E-state index in [0.29, 0.717) is 25.4 Å². The standard InChI is InChI=1S/C19H23N3O3/c1-21-12-15(20-13-21)18(23)22-9-7-19(8-10-22)17-14(6-11-25-19)4-3-5-16(17)24-2/h3-5,12-13H,6-11H2,1-2H3. The number of ether oxygens (including phenoxy) is 2. The normalized spacial score (nSPS) is 18.9. The van der Waals surface area contributed by atoms with Gasteiger partial charge in [-0.3, -0.25) is 4.79 Å². The topological polar surface area (TPSA) is 56.6 Å². The van der Waals surface area contributed by atoms with Crippen LogP contribution in [-0.2, 0) is 23.8 Å². The molecule has 2 aromatic rings. The zero-order valence-corrected chi connectivity index (χ0v) is 14.7. The van der Waals surface area contributed by atoms with Crippen molar-refractivity contribution in [2.45, 2.75) is 24.9 Å². The third-order valence-electron chi connectivity index (χ3n) is 5.32. The van der Waals surface area contributed by atoms with Crippen molar-refractivity contribution in [3.8, 4) is 5.75 Å². The molecular weight excluding hydrogens is 318 g/mol. The van der Waals surface area contributed by atoms with E-state index >= 15 is 0 Å². The van der Waals surface area contributed by atoms with Crippen LogP contribution in [0, 0.1) is 0 Å². The average Bonchev–Trinajstić information content (AvgIpc) is 3.08. The molecule has 0 saturated carbocycles. The van der Waals surface area contributed by atoms with Crippen molar-refractivity contribution in [2.24, 2.45) is 7.05 Å². The number of imidazole rings is 1. The largest absolute Gasteiger partial charge is 0.496 e. The molecule has 0 N–H and O–H groups in total. The third-order valence-corrected chi connectivity index (χ3v) is 5.32. The van der Waals surface area contributed by atoms with Gasteiger partial charge in [-0.2, -0.15) is 0 Å². The number of carbonyl (C=O) groups excluding carboxylic acids is 1. The highest BCUT2D eigenvalue weighted by atomic mass is 16.5. The highest BCUT2D eigenvalue weighted by Gasteiger charge is 2.43. The highest BCUT2D eigenvalue weighted by molar-refractivity contribution is 5.92. The molecule has 0 atom stereocenters. The van der Waals surface area contributed by atoms with Crippen LogP contribution in [0.5, 0.6) is 5.75 Å². The molecule has 0 aliphatic carbocycles. The molecule has 1 amide bonds. The van der Waals surface area contributed by atoms with Gasteiger partial charge in [-0.1, -0.05) is 12.1 Å². The zero-order chi connectivity index (χ0) is 17.4. The SMILES string of the molecule is COc1cccc2c1C1(CCN(C(=O)c3cn(C)cn3)CC1)OCC2. The van der Waals surface area contributed by atoms with E-state index < -0.39 is 0 Å². The van der Waals surface area contributed by atoms with Crippen molar-refractivity contribution in [1.29, 1.82) is 0 Å². The van der Waals surface area contributed by atoms with Crippen LogP contribution in [0.3, 0.4) is 0 Å². The molecule has 1 aromatic carbocycles. The summed E-state index contributed by atoms with van der Waals surface area (Å²) in [6, 6.07) is 6.20. The van der Waals surface area contributed by atoms with Gasteiger partial charge >= 0.3 is 0 Å². The minimum absolute atomic E-state index is 0.00786. The minimum Gasteiger partial charge on any atom is -0.496 e. The molecule has 2 aliphatic heterocycles. The Morgan fingerprint density at radius 3 is 2.80 bits per heavy atom. The number of piperidine rings is 1. The van der Waals surface area contributed by atoms with Crippen LogP contribution in [0.1, 0.15) is 34.5 Å². The maximum atomic E-state index is 12.6. The number of rotatable bonds is 2. The molecule has 1 aromatic heterocycles. The van der Waals surface area contributed by atoms with E-state index in [-0.39, 0.29) is 11.5 Å². The molecule has 1 saturated heterocycles. The van der Waals surface area contributed by atoms with E-state index in [9.17, 15) is 4.79 Å². The van der Waals surface area contributed by atoms with Crippen LogP contribution in [0.4, 0.5) is 0 Å². The van der Waals surface area contributed by atoms with E-state index in [1.165, 1.54) is 11.1 Å². The third kappa shape index (κ3) is 2.70. The van der Waals surface area contributed by atoms with Gasteiger partial charge in [-0.25, -0.2) is 4.98 Å². The van der Waals surface area contributed by atoms with Crippen LogP contribution in [0.2, 0.25) is 0 Å². The Morgan fingerprint density at radius 1 is 1.32 bits per heavy atom. The second kappa shape index (κ2) is 6.19. The maximum Gasteiger partial charge on any atom is 0.274 e. The van der Waals surface area contributed by atoms with Crippen LogP contribution < -0.4 is 4.74 Å². The zero-order valence-electron chi connectivity index (χ0n) is 14.7. The summed E-state index contributed by atoms with van der Waals surface area (Å²) in [4.78, 5) is 18.7. The van der Waals surface area contributed by atoms with Gasteiger partial charge in [0, 0.05) is 31.9 Å². The number of fused-ring (bicyclic) bond motifs is 2. The molecule has 3 heterocycles. The number of likely N-dealkylation sites (tertiary alicyclic amines) is 1. The first-order chi connectivity index (χ1) is 12.1. The molecule has 132 valence electrons. The lowest BCUT2D eigenvalue weighted by Gasteiger charge is -2.45. The molecule has 0 unspecified atom stereocenters. The molecule has 0 radical (unpaired) electrons. The fourth-order valence-electron chi connectivity index (χ4n) is 4.05. The van der Waals surface area contributed by atoms with Gasteiger partial charge in [0.25, 0.3) is 5.91 Å². The summed E-state index contributed by atoms with van der Waals surface area (Å²) in [6.45, 7) is 2.04. The molecule has 1 fully saturated rings. The molecule has 25 heavy (non-hydrogen) atoms. The second-order valence-electron chi connectivity index (χ2n) is 6.80. The van der Waals surface area contributed by atoms with Crippen LogP contribution in [-0.4, -0.2) is 47.2 Å². The summed E-state index contributed by atoms with van der Waals surface area (Å²) in [5.41, 5.74) is 2.63. The summed E-state index contributed by atoms with van der Waals surface area (Å²) in [7, 11) is 3.58. The summed E-state index contributed by atoms with van der Waals surface area (Å²) < 4.78 is 13.7. The minimum atomic E-state index is -0.346. The molecule has 2 aliphatic rings. The quantitative estimate of drug-likeness (QED) is 0.840. The molecule has 6 nitrogen and oxygen atoms in total. The summed E-state index contributed by atoms with van der Waals surface area (Å²) in [6.07, 6.45) is 5.88. The van der Waals surface area contributed by atoms with E-state index in [0.717, 1.165) is 25.0 Å². The lowest BCUT2D eigenvalue weighted by atomic mass is 9.78. The van der Waals surface area contributed by atoms with Crippen molar-refractivity contribution in [1.82, 2.24) is 14.5 Å². The Labute approximate surface area is 147 Å². The fraction of sp³-hybridized carbons (Fsp3) is 0.474. The maximum absolute atomic E-state index is 12.6. The number of amides is 1. The van der Waals surface area contributed by atoms with Crippen molar-refractivity contribution in [3.63, 3.8) is 0 Å². The van der Waals surface area contributed by atoms with Gasteiger partial charge in [-0.05, 0) is 30.9 Å². The number of aromatic nitrogens is 2. The van der Waals surface area contributed by atoms with Crippen LogP contribution >= 0.6 is 0 Å². The Kier molecular flexibility index (Phi) is 4.00. The monoisotopic (exact) mass is 341 g/mol. The second-order valence-corrected chi connectivity index (χ2v) is 6.80.